The van der Waals surface area contributed by atoms with Crippen LogP contribution in [-0.4, -0.2) is 15.8 Å². The molecule has 0 saturated carbocycles. The fourth-order valence-corrected chi connectivity index (χ4v) is 5.30. The van der Waals surface area contributed by atoms with Crippen LogP contribution in [0.2, 0.25) is 0 Å². The fourth-order valence-electron chi connectivity index (χ4n) is 5.30. The molecule has 33 heavy (non-hydrogen) atoms. The van der Waals surface area contributed by atoms with Crippen LogP contribution in [-0.2, 0) is 6.42 Å². The van der Waals surface area contributed by atoms with E-state index in [0.29, 0.717) is 66.7 Å². The second-order valence-electron chi connectivity index (χ2n) is 8.52. The van der Waals surface area contributed by atoms with Crippen LogP contribution in [0.3, 0.4) is 0 Å². The number of ketones is 1. The van der Waals surface area contributed by atoms with Crippen molar-refractivity contribution in [3.63, 3.8) is 0 Å². The number of hydrogen-bond donors (Lipinski definition) is 2. The molecular weight excluding hydrogens is 412 g/mol. The molecule has 156 valence electrons. The predicted octanol–water partition coefficient (Wildman–Crippen LogP) is 4.81. The van der Waals surface area contributed by atoms with Gasteiger partial charge in [-0.1, -0.05) is 48.5 Å². The molecule has 1 aliphatic rings. The second kappa shape index (κ2) is 6.26. The Balaban J connectivity index is 1.82. The number of aromatic nitrogens is 2. The SMILES string of the molecule is O=C1c2ccccc2Cc2c1c1[nH]c3ccccc3c(=O)c1c1[nH]c3ccccc3c(=O)c21. The van der Waals surface area contributed by atoms with Crippen LogP contribution < -0.4 is 10.9 Å². The minimum Gasteiger partial charge on any atom is -0.354 e. The first kappa shape index (κ1) is 18.1. The van der Waals surface area contributed by atoms with E-state index in [4.69, 9.17) is 0 Å². The molecule has 0 atom stereocenters. The molecule has 7 rings (SSSR count). The lowest BCUT2D eigenvalue weighted by molar-refractivity contribution is 0.103. The largest absolute Gasteiger partial charge is 0.354 e. The van der Waals surface area contributed by atoms with Crippen LogP contribution in [0, 0.1) is 0 Å². The van der Waals surface area contributed by atoms with E-state index in [0.717, 1.165) is 5.56 Å². The number of pyridine rings is 2. The maximum atomic E-state index is 13.8. The van der Waals surface area contributed by atoms with E-state index in [1.54, 1.807) is 18.2 Å². The minimum absolute atomic E-state index is 0.169. The molecule has 5 nitrogen and oxygen atoms in total. The van der Waals surface area contributed by atoms with Gasteiger partial charge in [-0.15, -0.1) is 0 Å². The summed E-state index contributed by atoms with van der Waals surface area (Å²) in [6.45, 7) is 0. The van der Waals surface area contributed by atoms with E-state index in [1.807, 2.05) is 54.6 Å². The predicted molar refractivity (Wildman–Crippen MR) is 130 cm³/mol. The van der Waals surface area contributed by atoms with Crippen LogP contribution in [0.15, 0.2) is 82.4 Å². The first-order valence-electron chi connectivity index (χ1n) is 10.8. The Bertz CT molecular complexity index is 1960. The first-order valence-corrected chi connectivity index (χ1v) is 10.8. The van der Waals surface area contributed by atoms with Crippen LogP contribution in [0.5, 0.6) is 0 Å². The number of carbonyl (C=O) groups excluding carboxylic acids is 1. The van der Waals surface area contributed by atoms with Crippen molar-refractivity contribution in [2.75, 3.05) is 0 Å². The molecule has 2 N–H and O–H groups in total. The fraction of sp³-hybridized carbons (Fsp3) is 0.0357. The van der Waals surface area contributed by atoms with Crippen LogP contribution in [0.1, 0.15) is 27.0 Å². The van der Waals surface area contributed by atoms with Crippen molar-refractivity contribution in [3.05, 3.63) is 115 Å². The Hall–Kier alpha value is -4.51. The summed E-state index contributed by atoms with van der Waals surface area (Å²) in [5.41, 5.74) is 4.47. The van der Waals surface area contributed by atoms with Gasteiger partial charge in [-0.25, -0.2) is 0 Å². The molecule has 2 heterocycles. The lowest BCUT2D eigenvalue weighted by Gasteiger charge is -2.22. The molecule has 0 fully saturated rings. The Morgan fingerprint density at radius 2 is 1.18 bits per heavy atom. The zero-order valence-corrected chi connectivity index (χ0v) is 17.4. The highest BCUT2D eigenvalue weighted by Crippen LogP contribution is 2.36. The monoisotopic (exact) mass is 428 g/mol. The highest BCUT2D eigenvalue weighted by molar-refractivity contribution is 6.25. The van der Waals surface area contributed by atoms with Gasteiger partial charge >= 0.3 is 0 Å². The number of nitrogens with one attached hydrogen (secondary N) is 2. The Labute approximate surface area is 186 Å². The quantitative estimate of drug-likeness (QED) is 0.269. The third-order valence-electron chi connectivity index (χ3n) is 6.78. The summed E-state index contributed by atoms with van der Waals surface area (Å²) >= 11 is 0. The van der Waals surface area contributed by atoms with Crippen molar-refractivity contribution in [1.29, 1.82) is 0 Å². The standard InChI is InChI=1S/C28H16N2O3/c31-26-15-8-2-1-7-14(15)13-18-21(26)24-23(28(33)17-10-4-6-12-20(17)30-24)25-22(18)27(32)16-9-3-5-11-19(16)29-25/h1-12H,13H2,(H,29,32)(H,30,33). The molecule has 0 saturated heterocycles. The number of hydrogen-bond acceptors (Lipinski definition) is 3. The Kier molecular flexibility index (Phi) is 3.44. The summed E-state index contributed by atoms with van der Waals surface area (Å²) in [5, 5.41) is 1.82. The van der Waals surface area contributed by atoms with Crippen LogP contribution >= 0.6 is 0 Å². The van der Waals surface area contributed by atoms with E-state index in [9.17, 15) is 14.4 Å². The zero-order valence-electron chi connectivity index (χ0n) is 17.4. The summed E-state index contributed by atoms with van der Waals surface area (Å²) in [6, 6.07) is 22.0. The van der Waals surface area contributed by atoms with Crippen molar-refractivity contribution in [2.45, 2.75) is 6.42 Å². The molecule has 6 aromatic rings. The Morgan fingerprint density at radius 1 is 0.606 bits per heavy atom. The topological polar surface area (TPSA) is 82.8 Å². The molecule has 0 bridgehead atoms. The van der Waals surface area contributed by atoms with Gasteiger partial charge in [0.1, 0.15) is 0 Å². The minimum atomic E-state index is -0.204. The van der Waals surface area contributed by atoms with E-state index < -0.39 is 0 Å². The van der Waals surface area contributed by atoms with E-state index >= 15 is 0 Å². The van der Waals surface area contributed by atoms with Crippen molar-refractivity contribution < 1.29 is 4.79 Å². The van der Waals surface area contributed by atoms with Crippen molar-refractivity contribution in [2.24, 2.45) is 0 Å². The third kappa shape index (κ3) is 2.28. The highest BCUT2D eigenvalue weighted by atomic mass is 16.1. The number of rotatable bonds is 0. The number of para-hydroxylation sites is 2. The van der Waals surface area contributed by atoms with Gasteiger partial charge in [-0.2, -0.15) is 0 Å². The summed E-state index contributed by atoms with van der Waals surface area (Å²) in [6.07, 6.45) is 0.444. The highest BCUT2D eigenvalue weighted by Gasteiger charge is 2.30. The Morgan fingerprint density at radius 3 is 1.91 bits per heavy atom. The molecule has 1 aliphatic carbocycles. The summed E-state index contributed by atoms with van der Waals surface area (Å²) in [4.78, 5) is 48.0. The van der Waals surface area contributed by atoms with Gasteiger partial charge in [0.2, 0.25) is 0 Å². The van der Waals surface area contributed by atoms with E-state index in [1.165, 1.54) is 0 Å². The van der Waals surface area contributed by atoms with Gasteiger partial charge in [0.05, 0.1) is 27.4 Å². The average molecular weight is 428 g/mol. The smallest absolute Gasteiger partial charge is 0.199 e. The van der Waals surface area contributed by atoms with Crippen molar-refractivity contribution >= 4 is 49.4 Å². The van der Waals surface area contributed by atoms with E-state index in [2.05, 4.69) is 9.97 Å². The van der Waals surface area contributed by atoms with Gasteiger partial charge < -0.3 is 9.97 Å². The maximum absolute atomic E-state index is 13.8. The van der Waals surface area contributed by atoms with E-state index in [-0.39, 0.29) is 16.6 Å². The molecule has 0 radical (unpaired) electrons. The summed E-state index contributed by atoms with van der Waals surface area (Å²) < 4.78 is 0. The second-order valence-corrected chi connectivity index (χ2v) is 8.52. The molecule has 5 heteroatoms. The molecule has 0 amide bonds. The number of fused-ring (bicyclic) bond motifs is 9. The van der Waals surface area contributed by atoms with Gasteiger partial charge in [0.25, 0.3) is 0 Å². The molecule has 4 aromatic carbocycles. The lowest BCUT2D eigenvalue weighted by Crippen LogP contribution is -2.21. The number of carbonyl (C=O) groups is 1. The molecule has 0 aliphatic heterocycles. The van der Waals surface area contributed by atoms with Crippen molar-refractivity contribution in [3.8, 4) is 0 Å². The summed E-state index contributed by atoms with van der Waals surface area (Å²) in [7, 11) is 0. The third-order valence-corrected chi connectivity index (χ3v) is 6.78. The number of aromatic amines is 2. The normalized spacial score (nSPS) is 13.0. The zero-order chi connectivity index (χ0) is 22.3. The van der Waals surface area contributed by atoms with Gasteiger partial charge in [-0.05, 0) is 41.8 Å². The van der Waals surface area contributed by atoms with Gasteiger partial charge in [-0.3, -0.25) is 14.4 Å². The van der Waals surface area contributed by atoms with Crippen LogP contribution in [0.4, 0.5) is 0 Å². The molecule has 2 aromatic heterocycles. The number of H-pyrrole nitrogens is 2. The number of benzene rings is 4. The molecule has 0 unspecified atom stereocenters. The van der Waals surface area contributed by atoms with Crippen LogP contribution in [0.25, 0.3) is 43.6 Å². The average Bonchev–Trinajstić information content (AvgIpc) is 2.84. The molecule has 0 spiro atoms. The lowest BCUT2D eigenvalue weighted by atomic mass is 9.81. The first-order chi connectivity index (χ1) is 16.1. The molecular formula is C28H16N2O3. The summed E-state index contributed by atoms with van der Waals surface area (Å²) in [5.74, 6) is -0.169. The maximum Gasteiger partial charge on any atom is 0.199 e. The van der Waals surface area contributed by atoms with Gasteiger partial charge in [0, 0.05) is 27.4 Å². The van der Waals surface area contributed by atoms with Gasteiger partial charge in [0.15, 0.2) is 16.6 Å². The van der Waals surface area contributed by atoms with Crippen molar-refractivity contribution in [1.82, 2.24) is 9.97 Å².